The number of carbonyl (C=O) groups excluding carboxylic acids is 2. The summed E-state index contributed by atoms with van der Waals surface area (Å²) in [4.78, 5) is 32.5. The van der Waals surface area contributed by atoms with Gasteiger partial charge in [0, 0.05) is 32.4 Å². The fourth-order valence-electron chi connectivity index (χ4n) is 7.73. The summed E-state index contributed by atoms with van der Waals surface area (Å²) in [6.07, 6.45) is 8.28. The van der Waals surface area contributed by atoms with Crippen LogP contribution >= 0.6 is 0 Å². The van der Waals surface area contributed by atoms with E-state index in [-0.39, 0.29) is 17.9 Å². The number of nitrogens with two attached hydrogens (primary N) is 1. The second kappa shape index (κ2) is 6.79. The summed E-state index contributed by atoms with van der Waals surface area (Å²) in [5.41, 5.74) is 8.14. The molecule has 2 amide bonds. The molecule has 2 aromatic rings. The van der Waals surface area contributed by atoms with Crippen molar-refractivity contribution >= 4 is 17.5 Å². The fraction of sp³-hybridized carbons (Fsp3) is 0.640. The van der Waals surface area contributed by atoms with Gasteiger partial charge < -0.3 is 20.7 Å². The molecule has 3 N–H and O–H groups in total. The SMILES string of the molecule is NCC1CN(C(=O)c2cn3c(C(=O)NCC45CC6C[C@@H]6C6(CC6C4)C5)cccc3n2)CCO1. The molecule has 5 aliphatic rings. The number of rotatable bonds is 5. The number of amides is 2. The zero-order valence-corrected chi connectivity index (χ0v) is 18.8. The predicted molar refractivity (Wildman–Crippen MR) is 121 cm³/mol. The van der Waals surface area contributed by atoms with Crippen molar-refractivity contribution in [1.29, 1.82) is 0 Å². The number of nitrogens with zero attached hydrogens (tertiary/aromatic N) is 3. The molecule has 1 spiro atoms. The molecule has 174 valence electrons. The molecule has 0 radical (unpaired) electrons. The van der Waals surface area contributed by atoms with Crippen LogP contribution in [0.4, 0.5) is 0 Å². The summed E-state index contributed by atoms with van der Waals surface area (Å²) in [7, 11) is 0. The van der Waals surface area contributed by atoms with E-state index in [0.717, 1.165) is 24.3 Å². The Hall–Kier alpha value is -2.45. The molecule has 0 aromatic carbocycles. The number of fused-ring (bicyclic) bond motifs is 3. The molecule has 4 aliphatic carbocycles. The molecule has 3 heterocycles. The van der Waals surface area contributed by atoms with Crippen molar-refractivity contribution in [3.05, 3.63) is 35.8 Å². The maximum atomic E-state index is 13.2. The van der Waals surface area contributed by atoms with E-state index in [0.29, 0.717) is 54.1 Å². The number of hydrogen-bond acceptors (Lipinski definition) is 5. The summed E-state index contributed by atoms with van der Waals surface area (Å²) in [6.45, 7) is 2.59. The zero-order chi connectivity index (χ0) is 22.4. The van der Waals surface area contributed by atoms with Gasteiger partial charge in [0.1, 0.15) is 17.0 Å². The lowest BCUT2D eigenvalue weighted by molar-refractivity contribution is -0.0169. The van der Waals surface area contributed by atoms with Crippen LogP contribution in [0.3, 0.4) is 0 Å². The number of ether oxygens (including phenoxy) is 1. The van der Waals surface area contributed by atoms with Crippen LogP contribution in [0.15, 0.2) is 24.4 Å². The molecule has 8 nitrogen and oxygen atoms in total. The van der Waals surface area contributed by atoms with Crippen molar-refractivity contribution in [2.75, 3.05) is 32.8 Å². The van der Waals surface area contributed by atoms with E-state index in [9.17, 15) is 9.59 Å². The fourth-order valence-corrected chi connectivity index (χ4v) is 7.73. The zero-order valence-electron chi connectivity index (χ0n) is 18.8. The minimum absolute atomic E-state index is 0.0894. The van der Waals surface area contributed by atoms with Gasteiger partial charge in [-0.3, -0.25) is 14.0 Å². The monoisotopic (exact) mass is 449 g/mol. The first-order valence-corrected chi connectivity index (χ1v) is 12.4. The molecule has 8 heteroatoms. The Labute approximate surface area is 192 Å². The highest BCUT2D eigenvalue weighted by molar-refractivity contribution is 5.95. The molecule has 4 saturated carbocycles. The van der Waals surface area contributed by atoms with Gasteiger partial charge in [0.05, 0.1) is 12.7 Å². The lowest BCUT2D eigenvalue weighted by atomic mass is 9.71. The van der Waals surface area contributed by atoms with Gasteiger partial charge in [-0.25, -0.2) is 4.98 Å². The molecular formula is C25H31N5O3. The Kier molecular flexibility index (Phi) is 4.11. The van der Waals surface area contributed by atoms with Crippen LogP contribution in [0.5, 0.6) is 0 Å². The van der Waals surface area contributed by atoms with Gasteiger partial charge >= 0.3 is 0 Å². The molecule has 1 aliphatic heterocycles. The van der Waals surface area contributed by atoms with Crippen molar-refractivity contribution in [2.24, 2.45) is 34.3 Å². The quantitative estimate of drug-likeness (QED) is 0.723. The number of aromatic nitrogens is 2. The lowest BCUT2D eigenvalue weighted by Crippen LogP contribution is -2.48. The third kappa shape index (κ3) is 2.99. The molecule has 6 atom stereocenters. The van der Waals surface area contributed by atoms with Crippen LogP contribution in [0.1, 0.15) is 53.1 Å². The summed E-state index contributed by atoms with van der Waals surface area (Å²) in [6, 6.07) is 5.47. The van der Waals surface area contributed by atoms with Crippen LogP contribution in [-0.2, 0) is 4.74 Å². The van der Waals surface area contributed by atoms with E-state index in [1.54, 1.807) is 21.6 Å². The summed E-state index contributed by atoms with van der Waals surface area (Å²) < 4.78 is 7.31. The Balaban J connectivity index is 1.09. The number of imidazole rings is 1. The topological polar surface area (TPSA) is 102 Å². The van der Waals surface area contributed by atoms with E-state index in [1.165, 1.54) is 32.1 Å². The molecule has 33 heavy (non-hydrogen) atoms. The van der Waals surface area contributed by atoms with Crippen molar-refractivity contribution in [1.82, 2.24) is 19.6 Å². The number of hydrogen-bond donors (Lipinski definition) is 2. The minimum Gasteiger partial charge on any atom is -0.373 e. The highest BCUT2D eigenvalue weighted by atomic mass is 16.5. The molecule has 2 aromatic heterocycles. The highest BCUT2D eigenvalue weighted by Crippen LogP contribution is 2.83. The Bertz CT molecular complexity index is 1160. The van der Waals surface area contributed by atoms with Crippen molar-refractivity contribution < 1.29 is 14.3 Å². The molecule has 7 rings (SSSR count). The van der Waals surface area contributed by atoms with Crippen LogP contribution in [-0.4, -0.2) is 65.0 Å². The molecule has 5 fully saturated rings. The van der Waals surface area contributed by atoms with E-state index >= 15 is 0 Å². The van der Waals surface area contributed by atoms with Crippen LogP contribution in [0.2, 0.25) is 0 Å². The van der Waals surface area contributed by atoms with E-state index < -0.39 is 0 Å². The Morgan fingerprint density at radius 1 is 1.27 bits per heavy atom. The predicted octanol–water partition coefficient (Wildman–Crippen LogP) is 1.69. The Morgan fingerprint density at radius 3 is 3.06 bits per heavy atom. The summed E-state index contributed by atoms with van der Waals surface area (Å²) in [5.74, 6) is 2.58. The molecule has 5 unspecified atom stereocenters. The average molecular weight is 450 g/mol. The first-order valence-electron chi connectivity index (χ1n) is 12.4. The normalized spacial score (nSPS) is 38.0. The number of carbonyl (C=O) groups is 2. The number of nitrogens with one attached hydrogen (secondary N) is 1. The van der Waals surface area contributed by atoms with Crippen molar-refractivity contribution in [2.45, 2.75) is 38.2 Å². The van der Waals surface area contributed by atoms with Gasteiger partial charge in [0.25, 0.3) is 11.8 Å². The third-order valence-corrected chi connectivity index (χ3v) is 9.28. The standard InChI is InChI=1S/C25H31N5O3/c26-10-17-11-29(4-5-33-17)23(32)19-12-30-20(2-1-3-21(30)28-19)22(31)27-14-24-7-15-6-18(15)25(13-24)9-16(25)8-24/h1-3,12,15-18H,4-11,13-14,26H2,(H,27,31)/t15?,16?,17?,18-,24?,25?/m0/s1. The van der Waals surface area contributed by atoms with Crippen LogP contribution < -0.4 is 11.1 Å². The lowest BCUT2D eigenvalue weighted by Gasteiger charge is -2.36. The first-order chi connectivity index (χ1) is 16.0. The number of pyridine rings is 1. The van der Waals surface area contributed by atoms with Crippen molar-refractivity contribution in [3.63, 3.8) is 0 Å². The van der Waals surface area contributed by atoms with Crippen molar-refractivity contribution in [3.8, 4) is 0 Å². The van der Waals surface area contributed by atoms with Gasteiger partial charge in [0.2, 0.25) is 0 Å². The summed E-state index contributed by atoms with van der Waals surface area (Å²) in [5, 5.41) is 3.26. The smallest absolute Gasteiger partial charge is 0.274 e. The number of morpholine rings is 1. The van der Waals surface area contributed by atoms with E-state index in [1.807, 2.05) is 12.1 Å². The first kappa shape index (κ1) is 20.0. The van der Waals surface area contributed by atoms with E-state index in [2.05, 4.69) is 10.3 Å². The third-order valence-electron chi connectivity index (χ3n) is 9.28. The van der Waals surface area contributed by atoms with Crippen LogP contribution in [0, 0.1) is 28.6 Å². The van der Waals surface area contributed by atoms with Gasteiger partial charge in [0.15, 0.2) is 0 Å². The summed E-state index contributed by atoms with van der Waals surface area (Å²) >= 11 is 0. The highest BCUT2D eigenvalue weighted by Gasteiger charge is 2.76. The maximum Gasteiger partial charge on any atom is 0.274 e. The van der Waals surface area contributed by atoms with Gasteiger partial charge in [-0.15, -0.1) is 0 Å². The average Bonchev–Trinajstić information content (AvgIpc) is 3.67. The second-order valence-electron chi connectivity index (χ2n) is 11.2. The second-order valence-corrected chi connectivity index (χ2v) is 11.2. The van der Waals surface area contributed by atoms with Gasteiger partial charge in [-0.1, -0.05) is 6.07 Å². The maximum absolute atomic E-state index is 13.2. The minimum atomic E-state index is -0.151. The molecular weight excluding hydrogens is 418 g/mol. The van der Waals surface area contributed by atoms with Crippen LogP contribution in [0.25, 0.3) is 5.65 Å². The van der Waals surface area contributed by atoms with Gasteiger partial charge in [-0.2, -0.15) is 0 Å². The largest absolute Gasteiger partial charge is 0.373 e. The van der Waals surface area contributed by atoms with E-state index in [4.69, 9.17) is 10.5 Å². The Morgan fingerprint density at radius 2 is 2.18 bits per heavy atom. The molecule has 2 bridgehead atoms. The van der Waals surface area contributed by atoms with Gasteiger partial charge in [-0.05, 0) is 72.8 Å². The molecule has 1 saturated heterocycles.